The number of hydrogen-bond donors (Lipinski definition) is 2. The van der Waals surface area contributed by atoms with Crippen LogP contribution in [0.3, 0.4) is 0 Å². The fourth-order valence-electron chi connectivity index (χ4n) is 3.36. The van der Waals surface area contributed by atoms with Gasteiger partial charge in [0.1, 0.15) is 11.5 Å². The molecular weight excluding hydrogens is 417 g/mol. The molecule has 0 saturated carbocycles. The number of anilines is 1. The molecule has 2 aromatic heterocycles. The first-order valence-corrected chi connectivity index (χ1v) is 10.1. The number of benzene rings is 2. The highest BCUT2D eigenvalue weighted by molar-refractivity contribution is 6.31. The standard InChI is InChI=1S/C23H21ClFN5O/c1-13-7-9-16(10-8-13)20-11-21(28-27-20)23(31)26-22-14(2)29-30(15(22)3)12-17-18(24)5-4-6-19(17)25/h4-11H,12H2,1-3H3,(H,26,31)(H,27,28). The molecule has 0 unspecified atom stereocenters. The van der Waals surface area contributed by atoms with Crippen LogP contribution in [-0.4, -0.2) is 25.9 Å². The molecule has 0 aliphatic carbocycles. The zero-order valence-corrected chi connectivity index (χ0v) is 18.1. The molecule has 4 aromatic rings. The Labute approximate surface area is 184 Å². The second-order valence-electron chi connectivity index (χ2n) is 7.39. The molecule has 4 rings (SSSR count). The Bertz CT molecular complexity index is 1240. The lowest BCUT2D eigenvalue weighted by Crippen LogP contribution is -2.14. The molecule has 0 bridgehead atoms. The maximum atomic E-state index is 14.2. The van der Waals surface area contributed by atoms with Gasteiger partial charge in [-0.1, -0.05) is 47.5 Å². The number of aryl methyl sites for hydroxylation is 2. The lowest BCUT2D eigenvalue weighted by molar-refractivity contribution is 0.102. The Kier molecular flexibility index (Phi) is 5.61. The van der Waals surface area contributed by atoms with Gasteiger partial charge in [-0.15, -0.1) is 0 Å². The van der Waals surface area contributed by atoms with Crippen molar-refractivity contribution in [2.24, 2.45) is 0 Å². The molecule has 2 aromatic carbocycles. The van der Waals surface area contributed by atoms with E-state index in [-0.39, 0.29) is 12.5 Å². The molecular formula is C23H21ClFN5O. The molecule has 0 aliphatic rings. The lowest BCUT2D eigenvalue weighted by atomic mass is 10.1. The van der Waals surface area contributed by atoms with E-state index in [0.29, 0.717) is 39.0 Å². The molecule has 0 spiro atoms. The monoisotopic (exact) mass is 437 g/mol. The normalized spacial score (nSPS) is 11.0. The molecule has 0 saturated heterocycles. The Morgan fingerprint density at radius 3 is 2.61 bits per heavy atom. The van der Waals surface area contributed by atoms with Gasteiger partial charge in [0, 0.05) is 16.1 Å². The number of amides is 1. The summed E-state index contributed by atoms with van der Waals surface area (Å²) in [6.45, 7) is 5.77. The van der Waals surface area contributed by atoms with Gasteiger partial charge in [-0.3, -0.25) is 14.6 Å². The number of carbonyl (C=O) groups excluding carboxylic acids is 1. The van der Waals surface area contributed by atoms with Gasteiger partial charge in [-0.05, 0) is 39.0 Å². The lowest BCUT2D eigenvalue weighted by Gasteiger charge is -2.09. The van der Waals surface area contributed by atoms with E-state index in [0.717, 1.165) is 11.1 Å². The first kappa shape index (κ1) is 20.8. The van der Waals surface area contributed by atoms with E-state index in [1.165, 1.54) is 6.07 Å². The minimum atomic E-state index is -0.397. The zero-order valence-electron chi connectivity index (χ0n) is 17.3. The SMILES string of the molecule is Cc1ccc(-c2cc(C(=O)Nc3c(C)nn(Cc4c(F)cccc4Cl)c3C)[nH]n2)cc1. The van der Waals surface area contributed by atoms with Crippen molar-refractivity contribution < 1.29 is 9.18 Å². The van der Waals surface area contributed by atoms with E-state index < -0.39 is 5.82 Å². The minimum Gasteiger partial charge on any atom is -0.318 e. The molecule has 0 fully saturated rings. The van der Waals surface area contributed by atoms with Crippen LogP contribution < -0.4 is 5.32 Å². The number of hydrogen-bond acceptors (Lipinski definition) is 3. The number of carbonyl (C=O) groups is 1. The van der Waals surface area contributed by atoms with Crippen molar-refractivity contribution in [1.29, 1.82) is 0 Å². The smallest absolute Gasteiger partial charge is 0.273 e. The van der Waals surface area contributed by atoms with Crippen molar-refractivity contribution in [3.8, 4) is 11.3 Å². The minimum absolute atomic E-state index is 0.162. The summed E-state index contributed by atoms with van der Waals surface area (Å²) in [5.74, 6) is -0.729. The maximum absolute atomic E-state index is 14.2. The summed E-state index contributed by atoms with van der Waals surface area (Å²) in [7, 11) is 0. The number of nitrogens with zero attached hydrogens (tertiary/aromatic N) is 3. The molecule has 158 valence electrons. The highest BCUT2D eigenvalue weighted by Crippen LogP contribution is 2.25. The van der Waals surface area contributed by atoms with Crippen LogP contribution in [-0.2, 0) is 6.54 Å². The number of aromatic nitrogens is 4. The van der Waals surface area contributed by atoms with Gasteiger partial charge in [0.15, 0.2) is 0 Å². The van der Waals surface area contributed by atoms with Crippen molar-refractivity contribution in [1.82, 2.24) is 20.0 Å². The summed E-state index contributed by atoms with van der Waals surface area (Å²) in [6.07, 6.45) is 0. The van der Waals surface area contributed by atoms with E-state index in [2.05, 4.69) is 20.6 Å². The third-order valence-electron chi connectivity index (χ3n) is 5.16. The predicted molar refractivity (Wildman–Crippen MR) is 119 cm³/mol. The average Bonchev–Trinajstić information content (AvgIpc) is 3.32. The maximum Gasteiger partial charge on any atom is 0.273 e. The average molecular weight is 438 g/mol. The molecule has 6 nitrogen and oxygen atoms in total. The number of aromatic amines is 1. The molecule has 1 amide bonds. The summed E-state index contributed by atoms with van der Waals surface area (Å²) in [4.78, 5) is 12.8. The zero-order chi connectivity index (χ0) is 22.1. The van der Waals surface area contributed by atoms with Crippen molar-refractivity contribution in [2.45, 2.75) is 27.3 Å². The van der Waals surface area contributed by atoms with Crippen LogP contribution in [0.4, 0.5) is 10.1 Å². The molecule has 0 aliphatic heterocycles. The van der Waals surface area contributed by atoms with E-state index in [1.54, 1.807) is 29.8 Å². The van der Waals surface area contributed by atoms with Gasteiger partial charge >= 0.3 is 0 Å². The van der Waals surface area contributed by atoms with Gasteiger partial charge in [0.05, 0.1) is 29.3 Å². The van der Waals surface area contributed by atoms with Crippen molar-refractivity contribution in [2.75, 3.05) is 5.32 Å². The van der Waals surface area contributed by atoms with Gasteiger partial charge in [-0.25, -0.2) is 4.39 Å². The Morgan fingerprint density at radius 1 is 1.16 bits per heavy atom. The van der Waals surface area contributed by atoms with Crippen molar-refractivity contribution >= 4 is 23.2 Å². The number of nitrogens with one attached hydrogen (secondary N) is 2. The summed E-state index contributed by atoms with van der Waals surface area (Å²) in [5.41, 5.74) is 5.33. The van der Waals surface area contributed by atoms with Crippen LogP contribution in [0.15, 0.2) is 48.5 Å². The Hall–Kier alpha value is -3.45. The Morgan fingerprint density at radius 2 is 1.90 bits per heavy atom. The second-order valence-corrected chi connectivity index (χ2v) is 7.80. The van der Waals surface area contributed by atoms with Crippen LogP contribution in [0.5, 0.6) is 0 Å². The highest BCUT2D eigenvalue weighted by Gasteiger charge is 2.18. The molecule has 2 heterocycles. The fraction of sp³-hybridized carbons (Fsp3) is 0.174. The van der Waals surface area contributed by atoms with E-state index >= 15 is 0 Å². The molecule has 0 radical (unpaired) electrons. The molecule has 31 heavy (non-hydrogen) atoms. The van der Waals surface area contributed by atoms with E-state index in [9.17, 15) is 9.18 Å². The highest BCUT2D eigenvalue weighted by atomic mass is 35.5. The quantitative estimate of drug-likeness (QED) is 0.445. The summed E-state index contributed by atoms with van der Waals surface area (Å²) >= 11 is 6.14. The predicted octanol–water partition coefficient (Wildman–Crippen LogP) is 5.29. The van der Waals surface area contributed by atoms with Gasteiger partial charge in [0.25, 0.3) is 5.91 Å². The summed E-state index contributed by atoms with van der Waals surface area (Å²) in [6, 6.07) is 14.2. The van der Waals surface area contributed by atoms with Crippen LogP contribution >= 0.6 is 11.6 Å². The van der Waals surface area contributed by atoms with Gasteiger partial charge < -0.3 is 5.32 Å². The first-order chi connectivity index (χ1) is 14.8. The summed E-state index contributed by atoms with van der Waals surface area (Å²) in [5, 5.41) is 14.7. The number of halogens is 2. The van der Waals surface area contributed by atoms with E-state index in [4.69, 9.17) is 11.6 Å². The fourth-order valence-corrected chi connectivity index (χ4v) is 3.58. The third-order valence-corrected chi connectivity index (χ3v) is 5.51. The molecule has 2 N–H and O–H groups in total. The largest absolute Gasteiger partial charge is 0.318 e. The van der Waals surface area contributed by atoms with Crippen LogP contribution in [0, 0.1) is 26.6 Å². The number of H-pyrrole nitrogens is 1. The third kappa shape index (κ3) is 4.22. The molecule has 8 heteroatoms. The van der Waals surface area contributed by atoms with Crippen molar-refractivity contribution in [3.63, 3.8) is 0 Å². The van der Waals surface area contributed by atoms with Gasteiger partial charge in [0.2, 0.25) is 0 Å². The van der Waals surface area contributed by atoms with Crippen LogP contribution in [0.25, 0.3) is 11.3 Å². The topological polar surface area (TPSA) is 75.6 Å². The van der Waals surface area contributed by atoms with E-state index in [1.807, 2.05) is 38.1 Å². The Balaban J connectivity index is 1.55. The van der Waals surface area contributed by atoms with Crippen molar-refractivity contribution in [3.05, 3.63) is 87.6 Å². The van der Waals surface area contributed by atoms with Crippen LogP contribution in [0.1, 0.15) is 33.0 Å². The summed E-state index contributed by atoms with van der Waals surface area (Å²) < 4.78 is 15.8. The number of rotatable bonds is 5. The molecule has 0 atom stereocenters. The van der Waals surface area contributed by atoms with Crippen LogP contribution in [0.2, 0.25) is 5.02 Å². The second kappa shape index (κ2) is 8.35. The van der Waals surface area contributed by atoms with Gasteiger partial charge in [-0.2, -0.15) is 10.2 Å². The first-order valence-electron chi connectivity index (χ1n) is 9.74.